The first-order chi connectivity index (χ1) is 6.99. The van der Waals surface area contributed by atoms with Gasteiger partial charge in [-0.25, -0.2) is 4.98 Å². The molecule has 1 aromatic rings. The van der Waals surface area contributed by atoms with E-state index in [4.69, 9.17) is 5.11 Å². The topological polar surface area (TPSA) is 79.3 Å². The Hall–Kier alpha value is -1.43. The molecule has 5 nitrogen and oxygen atoms in total. The second kappa shape index (κ2) is 4.88. The van der Waals surface area contributed by atoms with Crippen LogP contribution in [0.5, 0.6) is 0 Å². The lowest BCUT2D eigenvalue weighted by molar-refractivity contribution is -0.137. The van der Waals surface area contributed by atoms with Crippen LogP contribution < -0.4 is 5.32 Å². The van der Waals surface area contributed by atoms with Gasteiger partial charge in [0.2, 0.25) is 5.91 Å². The van der Waals surface area contributed by atoms with Crippen molar-refractivity contribution in [2.24, 2.45) is 0 Å². The van der Waals surface area contributed by atoms with Crippen molar-refractivity contribution in [1.82, 2.24) is 10.3 Å². The maximum atomic E-state index is 10.9. The molecule has 0 saturated carbocycles. The van der Waals surface area contributed by atoms with Crippen molar-refractivity contribution >= 4 is 23.2 Å². The Bertz CT molecular complexity index is 359. The predicted molar refractivity (Wildman–Crippen MR) is 55.7 cm³/mol. The summed E-state index contributed by atoms with van der Waals surface area (Å²) in [5.41, 5.74) is 0.607. The van der Waals surface area contributed by atoms with E-state index in [1.807, 2.05) is 6.92 Å². The van der Waals surface area contributed by atoms with Crippen molar-refractivity contribution in [3.8, 4) is 0 Å². The third-order valence-electron chi connectivity index (χ3n) is 1.75. The number of carboxylic acids is 1. The summed E-state index contributed by atoms with van der Waals surface area (Å²) in [7, 11) is 0. The minimum absolute atomic E-state index is 0.150. The monoisotopic (exact) mass is 228 g/mol. The average molecular weight is 228 g/mol. The second-order valence-corrected chi connectivity index (χ2v) is 4.20. The SMILES string of the molecule is CC(=O)N[C@@H](CC(=O)O)c1csc(C)n1. The zero-order valence-electron chi connectivity index (χ0n) is 8.48. The van der Waals surface area contributed by atoms with Crippen LogP contribution in [-0.4, -0.2) is 22.0 Å². The zero-order valence-corrected chi connectivity index (χ0v) is 9.30. The van der Waals surface area contributed by atoms with E-state index in [9.17, 15) is 9.59 Å². The summed E-state index contributed by atoms with van der Waals surface area (Å²) >= 11 is 1.43. The number of nitrogens with one attached hydrogen (secondary N) is 1. The number of aromatic nitrogens is 1. The van der Waals surface area contributed by atoms with E-state index in [0.717, 1.165) is 5.01 Å². The lowest BCUT2D eigenvalue weighted by atomic mass is 10.1. The third kappa shape index (κ3) is 3.67. The first-order valence-electron chi connectivity index (χ1n) is 4.40. The van der Waals surface area contributed by atoms with Crippen LogP contribution in [0.4, 0.5) is 0 Å². The standard InChI is InChI=1S/C9H12N2O3S/c1-5(12)10-7(3-9(13)14)8-4-15-6(2)11-8/h4,7H,3H2,1-2H3,(H,10,12)(H,13,14)/t7-/m0/s1. The summed E-state index contributed by atoms with van der Waals surface area (Å²) < 4.78 is 0. The summed E-state index contributed by atoms with van der Waals surface area (Å²) in [6.45, 7) is 3.19. The molecule has 0 aliphatic carbocycles. The number of aryl methyl sites for hydroxylation is 1. The first kappa shape index (κ1) is 11.6. The molecule has 0 saturated heterocycles. The maximum absolute atomic E-state index is 10.9. The van der Waals surface area contributed by atoms with E-state index in [2.05, 4.69) is 10.3 Å². The zero-order chi connectivity index (χ0) is 11.4. The van der Waals surface area contributed by atoms with E-state index in [1.165, 1.54) is 18.3 Å². The number of aliphatic carboxylic acids is 1. The third-order valence-corrected chi connectivity index (χ3v) is 2.54. The fourth-order valence-corrected chi connectivity index (χ4v) is 1.86. The Morgan fingerprint density at radius 1 is 1.67 bits per heavy atom. The molecule has 1 atom stereocenters. The van der Waals surface area contributed by atoms with E-state index < -0.39 is 12.0 Å². The Balaban J connectivity index is 2.80. The fourth-order valence-electron chi connectivity index (χ4n) is 1.19. The van der Waals surface area contributed by atoms with Gasteiger partial charge in [0.25, 0.3) is 0 Å². The average Bonchev–Trinajstić information content (AvgIpc) is 2.48. The molecule has 0 spiro atoms. The quantitative estimate of drug-likeness (QED) is 0.808. The Kier molecular flexibility index (Phi) is 3.79. The number of carbonyl (C=O) groups is 2. The van der Waals surface area contributed by atoms with Gasteiger partial charge in [-0.15, -0.1) is 11.3 Å². The minimum atomic E-state index is -0.959. The first-order valence-corrected chi connectivity index (χ1v) is 5.28. The van der Waals surface area contributed by atoms with Crippen LogP contribution in [0.15, 0.2) is 5.38 Å². The van der Waals surface area contributed by atoms with Crippen LogP contribution in [0.2, 0.25) is 0 Å². The second-order valence-electron chi connectivity index (χ2n) is 3.14. The summed E-state index contributed by atoms with van der Waals surface area (Å²) in [5, 5.41) is 13.9. The fraction of sp³-hybridized carbons (Fsp3) is 0.444. The maximum Gasteiger partial charge on any atom is 0.305 e. The normalized spacial score (nSPS) is 12.1. The Morgan fingerprint density at radius 3 is 2.73 bits per heavy atom. The van der Waals surface area contributed by atoms with Crippen LogP contribution in [0.1, 0.15) is 30.1 Å². The highest BCUT2D eigenvalue weighted by atomic mass is 32.1. The number of hydrogen-bond acceptors (Lipinski definition) is 4. The highest BCUT2D eigenvalue weighted by molar-refractivity contribution is 7.09. The molecule has 2 N–H and O–H groups in total. The molecule has 1 aromatic heterocycles. The van der Waals surface area contributed by atoms with Gasteiger partial charge in [0.1, 0.15) is 0 Å². The van der Waals surface area contributed by atoms with Gasteiger partial charge < -0.3 is 10.4 Å². The molecular weight excluding hydrogens is 216 g/mol. The molecule has 6 heteroatoms. The minimum Gasteiger partial charge on any atom is -0.481 e. The molecule has 0 fully saturated rings. The number of hydrogen-bond donors (Lipinski definition) is 2. The van der Waals surface area contributed by atoms with E-state index in [-0.39, 0.29) is 12.3 Å². The van der Waals surface area contributed by atoms with Crippen molar-refractivity contribution in [2.45, 2.75) is 26.3 Å². The van der Waals surface area contributed by atoms with E-state index in [0.29, 0.717) is 5.69 Å². The molecule has 82 valence electrons. The highest BCUT2D eigenvalue weighted by Crippen LogP contribution is 2.19. The predicted octanol–water partition coefficient (Wildman–Crippen LogP) is 1.10. The summed E-state index contributed by atoms with van der Waals surface area (Å²) in [5.74, 6) is -1.22. The number of carbonyl (C=O) groups excluding carboxylic acids is 1. The van der Waals surface area contributed by atoms with Crippen molar-refractivity contribution in [3.63, 3.8) is 0 Å². The lowest BCUT2D eigenvalue weighted by Crippen LogP contribution is -2.28. The van der Waals surface area contributed by atoms with Crippen LogP contribution in [0.25, 0.3) is 0 Å². The molecule has 15 heavy (non-hydrogen) atoms. The summed E-state index contributed by atoms with van der Waals surface area (Å²) in [6, 6.07) is -0.537. The molecule has 0 aliphatic heterocycles. The number of carboxylic acid groups (broad SMARTS) is 1. The van der Waals surface area contributed by atoms with Crippen molar-refractivity contribution in [2.75, 3.05) is 0 Å². The van der Waals surface area contributed by atoms with Crippen molar-refractivity contribution in [1.29, 1.82) is 0 Å². The van der Waals surface area contributed by atoms with E-state index >= 15 is 0 Å². The Labute approximate surface area is 91.1 Å². The van der Waals surface area contributed by atoms with Crippen LogP contribution >= 0.6 is 11.3 Å². The van der Waals surface area contributed by atoms with Gasteiger partial charge in [-0.3, -0.25) is 9.59 Å². The van der Waals surface area contributed by atoms with Gasteiger partial charge in [-0.2, -0.15) is 0 Å². The summed E-state index contributed by atoms with van der Waals surface area (Å²) in [6.07, 6.45) is -0.150. The van der Waals surface area contributed by atoms with Crippen molar-refractivity contribution in [3.05, 3.63) is 16.1 Å². The summed E-state index contributed by atoms with van der Waals surface area (Å²) in [4.78, 5) is 25.6. The molecule has 1 heterocycles. The van der Waals surface area contributed by atoms with E-state index in [1.54, 1.807) is 5.38 Å². The van der Waals surface area contributed by atoms with Gasteiger partial charge in [-0.1, -0.05) is 0 Å². The number of nitrogens with zero attached hydrogens (tertiary/aromatic N) is 1. The lowest BCUT2D eigenvalue weighted by Gasteiger charge is -2.12. The van der Waals surface area contributed by atoms with Crippen LogP contribution in [-0.2, 0) is 9.59 Å². The highest BCUT2D eigenvalue weighted by Gasteiger charge is 2.18. The van der Waals surface area contributed by atoms with Gasteiger partial charge in [-0.05, 0) is 6.92 Å². The van der Waals surface area contributed by atoms with Gasteiger partial charge in [0.15, 0.2) is 0 Å². The smallest absolute Gasteiger partial charge is 0.305 e. The molecule has 1 rings (SSSR count). The molecule has 0 aliphatic rings. The number of rotatable bonds is 4. The molecule has 0 aromatic carbocycles. The van der Waals surface area contributed by atoms with Crippen LogP contribution in [0, 0.1) is 6.92 Å². The molecular formula is C9H12N2O3S. The molecule has 1 amide bonds. The number of thiazole rings is 1. The Morgan fingerprint density at radius 2 is 2.33 bits per heavy atom. The van der Waals surface area contributed by atoms with Gasteiger partial charge in [0.05, 0.1) is 23.2 Å². The largest absolute Gasteiger partial charge is 0.481 e. The van der Waals surface area contributed by atoms with Crippen LogP contribution in [0.3, 0.4) is 0 Å². The number of amides is 1. The molecule has 0 radical (unpaired) electrons. The van der Waals surface area contributed by atoms with Gasteiger partial charge in [0, 0.05) is 12.3 Å². The molecule has 0 unspecified atom stereocenters. The van der Waals surface area contributed by atoms with Crippen molar-refractivity contribution < 1.29 is 14.7 Å². The molecule has 0 bridgehead atoms. The van der Waals surface area contributed by atoms with Gasteiger partial charge >= 0.3 is 5.97 Å².